The third-order valence-corrected chi connectivity index (χ3v) is 5.46. The fourth-order valence-electron chi connectivity index (χ4n) is 2.11. The molecular formula is C15H16F5NOS2. The average Bonchev–Trinajstić information content (AvgIpc) is 2.45. The lowest BCUT2D eigenvalue weighted by molar-refractivity contribution is 0.364. The van der Waals surface area contributed by atoms with Crippen LogP contribution in [0.15, 0.2) is 58.3 Å². The second-order valence-electron chi connectivity index (χ2n) is 5.39. The van der Waals surface area contributed by atoms with Gasteiger partial charge in [0.25, 0.3) is 0 Å². The molecule has 2 nitrogen and oxygen atoms in total. The number of anilines is 1. The number of nitrogens with one attached hydrogen (secondary N) is 1. The first-order valence-electron chi connectivity index (χ1n) is 6.80. The van der Waals surface area contributed by atoms with Crippen molar-refractivity contribution >= 4 is 26.7 Å². The minimum Gasteiger partial charge on any atom is -0.378 e. The standard InChI is InChI=1S/C15H16F5NOS2/c1-11(12-6-8-14(9-7-12)23(2)22)21-13-4-3-5-15(10-13)24(16,17,18,19)20/h3-11,21H,1-2H3/t11-,23-/m0/s1. The van der Waals surface area contributed by atoms with Crippen LogP contribution in [0, 0.1) is 0 Å². The molecule has 9 heteroatoms. The molecule has 0 unspecified atom stereocenters. The Morgan fingerprint density at radius 3 is 2.08 bits per heavy atom. The Hall–Kier alpha value is -1.61. The van der Waals surface area contributed by atoms with Gasteiger partial charge in [0.2, 0.25) is 0 Å². The molecule has 2 rings (SSSR count). The molecule has 0 heterocycles. The topological polar surface area (TPSA) is 29.1 Å². The van der Waals surface area contributed by atoms with Crippen LogP contribution in [-0.2, 0) is 10.8 Å². The smallest absolute Gasteiger partial charge is 0.310 e. The van der Waals surface area contributed by atoms with Crippen molar-refractivity contribution < 1.29 is 23.6 Å². The Morgan fingerprint density at radius 1 is 1.00 bits per heavy atom. The first-order valence-corrected chi connectivity index (χ1v) is 10.3. The first kappa shape index (κ1) is 18.7. The van der Waals surface area contributed by atoms with Gasteiger partial charge < -0.3 is 5.32 Å². The first-order chi connectivity index (χ1) is 10.8. The number of hydrogen-bond donors (Lipinski definition) is 1. The van der Waals surface area contributed by atoms with Crippen molar-refractivity contribution in [2.45, 2.75) is 22.8 Å². The molecule has 0 aliphatic heterocycles. The molecule has 0 spiro atoms. The summed E-state index contributed by atoms with van der Waals surface area (Å²) in [5, 5.41) is 2.76. The fourth-order valence-corrected chi connectivity index (χ4v) is 3.31. The lowest BCUT2D eigenvalue weighted by atomic mass is 10.1. The predicted molar refractivity (Wildman–Crippen MR) is 88.7 cm³/mol. The minimum absolute atomic E-state index is 0.0589. The Labute approximate surface area is 139 Å². The largest absolute Gasteiger partial charge is 0.378 e. The summed E-state index contributed by atoms with van der Waals surface area (Å²) in [6.45, 7) is 1.68. The van der Waals surface area contributed by atoms with E-state index in [1.165, 1.54) is 12.3 Å². The van der Waals surface area contributed by atoms with E-state index in [4.69, 9.17) is 0 Å². The van der Waals surface area contributed by atoms with E-state index in [2.05, 4.69) is 5.32 Å². The zero-order valence-electron chi connectivity index (χ0n) is 12.8. The van der Waals surface area contributed by atoms with Crippen molar-refractivity contribution in [1.29, 1.82) is 0 Å². The molecule has 2 aromatic rings. The van der Waals surface area contributed by atoms with Crippen molar-refractivity contribution in [3.05, 3.63) is 54.1 Å². The molecule has 0 aliphatic carbocycles. The monoisotopic (exact) mass is 385 g/mol. The molecule has 134 valence electrons. The summed E-state index contributed by atoms with van der Waals surface area (Å²) in [6.07, 6.45) is 1.53. The molecular weight excluding hydrogens is 369 g/mol. The normalized spacial score (nSPS) is 17.5. The highest BCUT2D eigenvalue weighted by Gasteiger charge is 2.65. The molecule has 0 fully saturated rings. The Bertz CT molecular complexity index is 775. The van der Waals surface area contributed by atoms with Gasteiger partial charge in [-0.2, -0.15) is 0 Å². The molecule has 24 heavy (non-hydrogen) atoms. The number of benzene rings is 2. The highest BCUT2D eigenvalue weighted by molar-refractivity contribution is 8.45. The molecule has 0 bridgehead atoms. The molecule has 0 saturated carbocycles. The lowest BCUT2D eigenvalue weighted by Crippen LogP contribution is -2.09. The van der Waals surface area contributed by atoms with Gasteiger partial charge in [-0.25, -0.2) is 0 Å². The van der Waals surface area contributed by atoms with Gasteiger partial charge in [0, 0.05) is 33.7 Å². The van der Waals surface area contributed by atoms with Crippen LogP contribution in [0.4, 0.5) is 25.1 Å². The summed E-state index contributed by atoms with van der Waals surface area (Å²) in [7, 11) is -10.8. The van der Waals surface area contributed by atoms with Crippen molar-refractivity contribution in [3.8, 4) is 0 Å². The predicted octanol–water partition coefficient (Wildman–Crippen LogP) is 6.25. The number of halogens is 5. The van der Waals surface area contributed by atoms with E-state index in [1.807, 2.05) is 0 Å². The van der Waals surface area contributed by atoms with Crippen LogP contribution in [0.3, 0.4) is 0 Å². The quantitative estimate of drug-likeness (QED) is 0.616. The van der Waals surface area contributed by atoms with Gasteiger partial charge >= 0.3 is 10.2 Å². The van der Waals surface area contributed by atoms with E-state index in [1.54, 1.807) is 31.2 Å². The summed E-state index contributed by atoms with van der Waals surface area (Å²) >= 11 is 0. The summed E-state index contributed by atoms with van der Waals surface area (Å²) in [6, 6.07) is 9.24. The highest BCUT2D eigenvalue weighted by Crippen LogP contribution is 3.02. The molecule has 2 aromatic carbocycles. The van der Waals surface area contributed by atoms with Crippen molar-refractivity contribution in [2.75, 3.05) is 11.6 Å². The second-order valence-corrected chi connectivity index (χ2v) is 9.17. The fraction of sp³-hybridized carbons (Fsp3) is 0.200. The molecule has 0 aromatic heterocycles. The maximum absolute atomic E-state index is 12.9. The van der Waals surface area contributed by atoms with E-state index < -0.39 is 32.0 Å². The molecule has 0 saturated heterocycles. The zero-order valence-corrected chi connectivity index (χ0v) is 14.4. The Balaban J connectivity index is 2.24. The minimum atomic E-state index is -9.70. The van der Waals surface area contributed by atoms with E-state index in [0.29, 0.717) is 17.0 Å². The van der Waals surface area contributed by atoms with E-state index >= 15 is 0 Å². The maximum atomic E-state index is 12.9. The molecule has 0 aliphatic rings. The third-order valence-electron chi connectivity index (χ3n) is 3.37. The van der Waals surface area contributed by atoms with Gasteiger partial charge in [0.15, 0.2) is 0 Å². The summed E-state index contributed by atoms with van der Waals surface area (Å²) in [4.78, 5) is -1.31. The summed E-state index contributed by atoms with van der Waals surface area (Å²) in [5.74, 6) is 0. The van der Waals surface area contributed by atoms with Gasteiger partial charge in [-0.3, -0.25) is 4.21 Å². The maximum Gasteiger partial charge on any atom is 0.310 e. The van der Waals surface area contributed by atoms with Crippen molar-refractivity contribution in [3.63, 3.8) is 0 Å². The molecule has 2 atom stereocenters. The van der Waals surface area contributed by atoms with Crippen molar-refractivity contribution in [1.82, 2.24) is 0 Å². The lowest BCUT2D eigenvalue weighted by Gasteiger charge is -2.40. The van der Waals surface area contributed by atoms with Gasteiger partial charge in [0.1, 0.15) is 4.90 Å². The highest BCUT2D eigenvalue weighted by atomic mass is 32.5. The summed E-state index contributed by atoms with van der Waals surface area (Å²) < 4.78 is 75.6. The van der Waals surface area contributed by atoms with Crippen LogP contribution in [0.1, 0.15) is 18.5 Å². The number of hydrogen-bond acceptors (Lipinski definition) is 2. The zero-order chi connectivity index (χ0) is 18.2. The van der Waals surface area contributed by atoms with Gasteiger partial charge in [-0.05, 0) is 42.8 Å². The van der Waals surface area contributed by atoms with E-state index in [-0.39, 0.29) is 5.69 Å². The van der Waals surface area contributed by atoms with E-state index in [9.17, 15) is 23.6 Å². The Morgan fingerprint density at radius 2 is 1.58 bits per heavy atom. The SMILES string of the molecule is C[C@H](Nc1cccc(S(F)(F)(F)(F)F)c1)c1ccc([S@](C)=O)cc1. The number of rotatable bonds is 5. The van der Waals surface area contributed by atoms with Crippen LogP contribution in [0.25, 0.3) is 0 Å². The molecule has 0 radical (unpaired) electrons. The van der Waals surface area contributed by atoms with Gasteiger partial charge in [-0.1, -0.05) is 37.6 Å². The second kappa shape index (κ2) is 5.45. The third kappa shape index (κ3) is 4.70. The van der Waals surface area contributed by atoms with Crippen LogP contribution in [0.5, 0.6) is 0 Å². The molecule has 0 amide bonds. The summed E-state index contributed by atoms with van der Waals surface area (Å²) in [5.41, 5.74) is 0.665. The van der Waals surface area contributed by atoms with E-state index in [0.717, 1.165) is 11.6 Å². The average molecular weight is 385 g/mol. The van der Waals surface area contributed by atoms with Gasteiger partial charge in [0.05, 0.1) is 0 Å². The van der Waals surface area contributed by atoms with Gasteiger partial charge in [-0.15, -0.1) is 0 Å². The van der Waals surface area contributed by atoms with Crippen LogP contribution in [-0.4, -0.2) is 10.5 Å². The van der Waals surface area contributed by atoms with Crippen molar-refractivity contribution in [2.24, 2.45) is 0 Å². The van der Waals surface area contributed by atoms with Crippen LogP contribution < -0.4 is 5.32 Å². The Kier molecular flexibility index (Phi) is 4.25. The van der Waals surface area contributed by atoms with Crippen LogP contribution in [0.2, 0.25) is 0 Å². The molecule has 1 N–H and O–H groups in total. The van der Waals surface area contributed by atoms with Crippen LogP contribution >= 0.6 is 10.2 Å².